The van der Waals surface area contributed by atoms with Gasteiger partial charge in [0.05, 0.1) is 5.03 Å². The van der Waals surface area contributed by atoms with E-state index < -0.39 is 0 Å². The second-order valence-electron chi connectivity index (χ2n) is 4.15. The first-order chi connectivity index (χ1) is 7.18. The van der Waals surface area contributed by atoms with Crippen molar-refractivity contribution in [2.75, 3.05) is 13.1 Å². The molecule has 0 aromatic carbocycles. The lowest BCUT2D eigenvalue weighted by atomic mass is 10.2. The average molecular weight is 224 g/mol. The molecule has 1 heterocycles. The Morgan fingerprint density at radius 2 is 2.07 bits per heavy atom. The third kappa shape index (κ3) is 5.80. The van der Waals surface area contributed by atoms with Crippen LogP contribution in [0.3, 0.4) is 0 Å². The third-order valence-electron chi connectivity index (χ3n) is 1.94. The fourth-order valence-corrected chi connectivity index (χ4v) is 2.13. The highest BCUT2D eigenvalue weighted by molar-refractivity contribution is 7.99. The van der Waals surface area contributed by atoms with Gasteiger partial charge in [0.15, 0.2) is 0 Å². The molecule has 0 saturated heterocycles. The zero-order valence-electron chi connectivity index (χ0n) is 9.73. The largest absolute Gasteiger partial charge is 0.315 e. The van der Waals surface area contributed by atoms with Crippen LogP contribution in [-0.2, 0) is 0 Å². The van der Waals surface area contributed by atoms with Gasteiger partial charge in [-0.05, 0) is 24.6 Å². The van der Waals surface area contributed by atoms with Gasteiger partial charge < -0.3 is 5.32 Å². The normalized spacial score (nSPS) is 13.1. The van der Waals surface area contributed by atoms with E-state index in [0.717, 1.165) is 24.0 Å². The van der Waals surface area contributed by atoms with Gasteiger partial charge in [0.2, 0.25) is 0 Å². The Hall–Kier alpha value is -0.540. The number of nitrogens with one attached hydrogen (secondary N) is 1. The van der Waals surface area contributed by atoms with E-state index >= 15 is 0 Å². The monoisotopic (exact) mass is 224 g/mol. The zero-order valence-corrected chi connectivity index (χ0v) is 10.6. The van der Waals surface area contributed by atoms with Crippen molar-refractivity contribution in [2.24, 2.45) is 5.92 Å². The number of hydrogen-bond acceptors (Lipinski definition) is 3. The van der Waals surface area contributed by atoms with Crippen molar-refractivity contribution in [3.8, 4) is 0 Å². The van der Waals surface area contributed by atoms with Crippen molar-refractivity contribution in [3.63, 3.8) is 0 Å². The highest BCUT2D eigenvalue weighted by Gasteiger charge is 2.04. The molecule has 1 aromatic rings. The molecular weight excluding hydrogens is 204 g/mol. The molecular formula is C12H20N2S. The lowest BCUT2D eigenvalue weighted by Gasteiger charge is -2.12. The van der Waals surface area contributed by atoms with E-state index in [1.807, 2.05) is 30.1 Å². The van der Waals surface area contributed by atoms with Gasteiger partial charge in [-0.25, -0.2) is 4.98 Å². The quantitative estimate of drug-likeness (QED) is 0.752. The lowest BCUT2D eigenvalue weighted by Crippen LogP contribution is -2.26. The molecule has 0 amide bonds. The summed E-state index contributed by atoms with van der Waals surface area (Å²) in [6, 6.07) is 6.04. The van der Waals surface area contributed by atoms with Gasteiger partial charge in [0, 0.05) is 18.0 Å². The van der Waals surface area contributed by atoms with E-state index in [1.165, 1.54) is 0 Å². The van der Waals surface area contributed by atoms with E-state index in [0.29, 0.717) is 5.25 Å². The van der Waals surface area contributed by atoms with Crippen molar-refractivity contribution >= 4 is 11.8 Å². The van der Waals surface area contributed by atoms with E-state index in [-0.39, 0.29) is 0 Å². The number of rotatable bonds is 6. The predicted octanol–water partition coefficient (Wildman–Crippen LogP) is 2.81. The molecule has 1 atom stereocenters. The van der Waals surface area contributed by atoms with E-state index in [4.69, 9.17) is 0 Å². The number of aromatic nitrogens is 1. The number of pyridine rings is 1. The summed E-state index contributed by atoms with van der Waals surface area (Å²) in [5.74, 6) is 0.719. The maximum atomic E-state index is 4.30. The first kappa shape index (κ1) is 12.5. The van der Waals surface area contributed by atoms with Gasteiger partial charge in [-0.3, -0.25) is 0 Å². The second kappa shape index (κ2) is 6.85. The smallest absolute Gasteiger partial charge is 0.0962 e. The summed E-state index contributed by atoms with van der Waals surface area (Å²) in [5, 5.41) is 5.13. The fraction of sp³-hybridized carbons (Fsp3) is 0.583. The molecule has 3 heteroatoms. The minimum Gasteiger partial charge on any atom is -0.315 e. The average Bonchev–Trinajstić information content (AvgIpc) is 2.18. The minimum atomic E-state index is 0.568. The van der Waals surface area contributed by atoms with Crippen LogP contribution in [0.15, 0.2) is 29.4 Å². The molecule has 0 fully saturated rings. The Balaban J connectivity index is 2.21. The van der Waals surface area contributed by atoms with Crippen molar-refractivity contribution < 1.29 is 0 Å². The molecule has 1 unspecified atom stereocenters. The van der Waals surface area contributed by atoms with Crippen LogP contribution in [0.4, 0.5) is 0 Å². The molecule has 1 rings (SSSR count). The molecule has 84 valence electrons. The van der Waals surface area contributed by atoms with E-state index in [1.54, 1.807) is 0 Å². The molecule has 0 bridgehead atoms. The van der Waals surface area contributed by atoms with Gasteiger partial charge in [-0.2, -0.15) is 0 Å². The molecule has 0 saturated carbocycles. The van der Waals surface area contributed by atoms with Gasteiger partial charge in [0.1, 0.15) is 0 Å². The molecule has 2 nitrogen and oxygen atoms in total. The van der Waals surface area contributed by atoms with Crippen LogP contribution in [-0.4, -0.2) is 23.3 Å². The summed E-state index contributed by atoms with van der Waals surface area (Å²) >= 11 is 1.82. The van der Waals surface area contributed by atoms with Gasteiger partial charge >= 0.3 is 0 Å². The van der Waals surface area contributed by atoms with Gasteiger partial charge in [-0.1, -0.05) is 26.8 Å². The van der Waals surface area contributed by atoms with Crippen molar-refractivity contribution in [2.45, 2.75) is 31.0 Å². The first-order valence-corrected chi connectivity index (χ1v) is 6.35. The first-order valence-electron chi connectivity index (χ1n) is 5.47. The Bertz CT molecular complexity index is 262. The van der Waals surface area contributed by atoms with Crippen molar-refractivity contribution in [1.29, 1.82) is 0 Å². The number of thioether (sulfide) groups is 1. The minimum absolute atomic E-state index is 0.568. The Labute approximate surface area is 96.9 Å². The summed E-state index contributed by atoms with van der Waals surface area (Å²) in [7, 11) is 0. The Morgan fingerprint density at radius 1 is 1.27 bits per heavy atom. The van der Waals surface area contributed by atoms with Crippen LogP contribution < -0.4 is 5.32 Å². The highest BCUT2D eigenvalue weighted by atomic mass is 32.2. The van der Waals surface area contributed by atoms with Crippen LogP contribution in [0.5, 0.6) is 0 Å². The van der Waals surface area contributed by atoms with Crippen LogP contribution in [0.2, 0.25) is 0 Å². The predicted molar refractivity (Wildman–Crippen MR) is 67.3 cm³/mol. The van der Waals surface area contributed by atoms with Gasteiger partial charge in [-0.15, -0.1) is 11.8 Å². The number of nitrogens with zero attached hydrogens (tertiary/aromatic N) is 1. The summed E-state index contributed by atoms with van der Waals surface area (Å²) in [6.07, 6.45) is 1.84. The summed E-state index contributed by atoms with van der Waals surface area (Å²) in [4.78, 5) is 4.30. The van der Waals surface area contributed by atoms with Crippen molar-refractivity contribution in [1.82, 2.24) is 10.3 Å². The maximum absolute atomic E-state index is 4.30. The lowest BCUT2D eigenvalue weighted by molar-refractivity contribution is 0.554. The maximum Gasteiger partial charge on any atom is 0.0962 e. The zero-order chi connectivity index (χ0) is 11.1. The third-order valence-corrected chi connectivity index (χ3v) is 3.00. The molecule has 15 heavy (non-hydrogen) atoms. The summed E-state index contributed by atoms with van der Waals surface area (Å²) < 4.78 is 0. The molecule has 0 radical (unpaired) electrons. The molecule has 1 N–H and O–H groups in total. The van der Waals surface area contributed by atoms with Crippen LogP contribution in [0.25, 0.3) is 0 Å². The number of hydrogen-bond donors (Lipinski definition) is 1. The summed E-state index contributed by atoms with van der Waals surface area (Å²) in [6.45, 7) is 8.81. The second-order valence-corrected chi connectivity index (χ2v) is 5.61. The van der Waals surface area contributed by atoms with Crippen LogP contribution >= 0.6 is 11.8 Å². The van der Waals surface area contributed by atoms with E-state index in [9.17, 15) is 0 Å². The van der Waals surface area contributed by atoms with Gasteiger partial charge in [0.25, 0.3) is 0 Å². The highest BCUT2D eigenvalue weighted by Crippen LogP contribution is 2.19. The Morgan fingerprint density at radius 3 is 2.67 bits per heavy atom. The van der Waals surface area contributed by atoms with Crippen LogP contribution in [0.1, 0.15) is 20.8 Å². The van der Waals surface area contributed by atoms with E-state index in [2.05, 4.69) is 37.1 Å². The molecule has 1 aromatic heterocycles. The van der Waals surface area contributed by atoms with Crippen molar-refractivity contribution in [3.05, 3.63) is 24.4 Å². The van der Waals surface area contributed by atoms with Crippen LogP contribution in [0, 0.1) is 5.92 Å². The topological polar surface area (TPSA) is 24.9 Å². The SMILES string of the molecule is CC(C)CNCC(C)Sc1ccccn1. The standard InChI is InChI=1S/C12H20N2S/c1-10(2)8-13-9-11(3)15-12-6-4-5-7-14-12/h4-7,10-11,13H,8-9H2,1-3H3. The molecule has 0 aliphatic rings. The molecule has 0 aliphatic carbocycles. The summed E-state index contributed by atoms with van der Waals surface area (Å²) in [5.41, 5.74) is 0. The fourth-order valence-electron chi connectivity index (χ4n) is 1.24. The Kier molecular flexibility index (Phi) is 5.73. The molecule has 0 aliphatic heterocycles. The molecule has 0 spiro atoms.